The largest absolute Gasteiger partial charge is 0.343 e. The van der Waals surface area contributed by atoms with Gasteiger partial charge in [-0.05, 0) is 26.3 Å². The molecule has 3 rings (SSSR count). The molecule has 0 saturated carbocycles. The summed E-state index contributed by atoms with van der Waals surface area (Å²) in [7, 11) is 0. The van der Waals surface area contributed by atoms with Crippen molar-refractivity contribution in [3.05, 3.63) is 77.5 Å². The summed E-state index contributed by atoms with van der Waals surface area (Å²) in [5, 5.41) is 0. The van der Waals surface area contributed by atoms with Gasteiger partial charge in [0.1, 0.15) is 0 Å². The van der Waals surface area contributed by atoms with Crippen molar-refractivity contribution in [3.63, 3.8) is 0 Å². The lowest BCUT2D eigenvalue weighted by molar-refractivity contribution is 0.101. The van der Waals surface area contributed by atoms with Gasteiger partial charge in [0.05, 0.1) is 16.9 Å². The highest BCUT2D eigenvalue weighted by molar-refractivity contribution is 6.05. The predicted octanol–water partition coefficient (Wildman–Crippen LogP) is 5.44. The summed E-state index contributed by atoms with van der Waals surface area (Å²) >= 11 is 0. The molecule has 0 aliphatic rings. The Labute approximate surface area is 148 Å². The summed E-state index contributed by atoms with van der Waals surface area (Å²) in [6.07, 6.45) is 1.83. The number of carbonyl (C=O) groups excluding carboxylic acids is 1. The van der Waals surface area contributed by atoms with Crippen molar-refractivity contribution >= 4 is 17.7 Å². The van der Waals surface area contributed by atoms with Crippen LogP contribution in [-0.4, -0.2) is 16.6 Å². The number of ketones is 1. The zero-order chi connectivity index (χ0) is 17.8. The van der Waals surface area contributed by atoms with Gasteiger partial charge in [-0.1, -0.05) is 60.7 Å². The third-order valence-corrected chi connectivity index (χ3v) is 4.36. The van der Waals surface area contributed by atoms with Gasteiger partial charge in [0.25, 0.3) is 0 Å². The smallest absolute Gasteiger partial charge is 0.163 e. The van der Waals surface area contributed by atoms with E-state index in [9.17, 15) is 4.79 Å². The van der Waals surface area contributed by atoms with E-state index in [2.05, 4.69) is 23.6 Å². The topological polar surface area (TPSA) is 34.4 Å². The van der Waals surface area contributed by atoms with Crippen LogP contribution in [0.25, 0.3) is 11.3 Å². The van der Waals surface area contributed by atoms with Crippen LogP contribution in [0, 0.1) is 6.92 Å². The number of nitrogens with zero attached hydrogens (tertiary/aromatic N) is 2. The molecule has 1 aromatic heterocycles. The molecule has 3 heteroatoms. The first kappa shape index (κ1) is 16.9. The Hall–Kier alpha value is -2.94. The van der Waals surface area contributed by atoms with Gasteiger partial charge < -0.3 is 4.57 Å². The minimum atomic E-state index is 0.0436. The third-order valence-electron chi connectivity index (χ3n) is 4.36. The fourth-order valence-corrected chi connectivity index (χ4v) is 3.23. The molecule has 0 saturated heterocycles. The molecule has 0 fully saturated rings. The number of aromatic nitrogens is 1. The summed E-state index contributed by atoms with van der Waals surface area (Å²) in [5.41, 5.74) is 5.50. The van der Waals surface area contributed by atoms with Crippen LogP contribution in [0.3, 0.4) is 0 Å². The lowest BCUT2D eigenvalue weighted by Gasteiger charge is -2.09. The van der Waals surface area contributed by atoms with E-state index in [4.69, 9.17) is 4.99 Å². The second-order valence-corrected chi connectivity index (χ2v) is 5.99. The molecule has 0 unspecified atom stereocenters. The Morgan fingerprint density at radius 3 is 2.20 bits per heavy atom. The lowest BCUT2D eigenvalue weighted by atomic mass is 10.1. The molecular weight excluding hydrogens is 308 g/mol. The maximum absolute atomic E-state index is 12.3. The van der Waals surface area contributed by atoms with Crippen LogP contribution in [0.15, 0.2) is 65.7 Å². The van der Waals surface area contributed by atoms with Crippen LogP contribution in [-0.2, 0) is 6.54 Å². The van der Waals surface area contributed by atoms with E-state index < -0.39 is 0 Å². The van der Waals surface area contributed by atoms with Crippen LogP contribution in [0.5, 0.6) is 0 Å². The van der Waals surface area contributed by atoms with Crippen LogP contribution in [0.1, 0.15) is 35.5 Å². The molecule has 0 aliphatic carbocycles. The van der Waals surface area contributed by atoms with Crippen molar-refractivity contribution in [2.75, 3.05) is 0 Å². The molecule has 0 spiro atoms. The minimum absolute atomic E-state index is 0.0436. The fourth-order valence-electron chi connectivity index (χ4n) is 3.23. The van der Waals surface area contributed by atoms with E-state index in [1.807, 2.05) is 61.7 Å². The number of carbonyl (C=O) groups is 1. The molecule has 0 aliphatic heterocycles. The third kappa shape index (κ3) is 3.31. The number of hydrogen-bond acceptors (Lipinski definition) is 2. The summed E-state index contributed by atoms with van der Waals surface area (Å²) in [6.45, 7) is 6.48. The molecule has 25 heavy (non-hydrogen) atoms. The van der Waals surface area contributed by atoms with Crippen LogP contribution in [0.4, 0.5) is 5.69 Å². The quantitative estimate of drug-likeness (QED) is 0.453. The van der Waals surface area contributed by atoms with Gasteiger partial charge >= 0.3 is 0 Å². The Kier molecular flexibility index (Phi) is 4.94. The average Bonchev–Trinajstić information content (AvgIpc) is 2.93. The molecule has 3 nitrogen and oxygen atoms in total. The van der Waals surface area contributed by atoms with E-state index >= 15 is 0 Å². The maximum Gasteiger partial charge on any atom is 0.163 e. The number of aliphatic imine (C=N–C) groups is 1. The fraction of sp³-hybridized carbons (Fsp3) is 0.182. The molecule has 0 atom stereocenters. The van der Waals surface area contributed by atoms with Gasteiger partial charge in [-0.2, -0.15) is 0 Å². The molecule has 2 aromatic carbocycles. The molecule has 1 heterocycles. The van der Waals surface area contributed by atoms with Gasteiger partial charge in [-0.15, -0.1) is 0 Å². The van der Waals surface area contributed by atoms with Crippen LogP contribution >= 0.6 is 0 Å². The highest BCUT2D eigenvalue weighted by atomic mass is 16.1. The number of rotatable bonds is 5. The molecule has 3 aromatic rings. The van der Waals surface area contributed by atoms with Crippen molar-refractivity contribution in [2.45, 2.75) is 27.3 Å². The van der Waals surface area contributed by atoms with Gasteiger partial charge in [-0.3, -0.25) is 9.79 Å². The Morgan fingerprint density at radius 1 is 1.04 bits per heavy atom. The molecule has 0 amide bonds. The predicted molar refractivity (Wildman–Crippen MR) is 104 cm³/mol. The van der Waals surface area contributed by atoms with Gasteiger partial charge in [-0.25, -0.2) is 0 Å². The first-order valence-electron chi connectivity index (χ1n) is 8.52. The van der Waals surface area contributed by atoms with E-state index in [1.165, 1.54) is 0 Å². The average molecular weight is 330 g/mol. The Morgan fingerprint density at radius 2 is 1.64 bits per heavy atom. The van der Waals surface area contributed by atoms with E-state index in [0.29, 0.717) is 5.56 Å². The summed E-state index contributed by atoms with van der Waals surface area (Å²) < 4.78 is 2.17. The standard InChI is InChI=1S/C22H22N2O/c1-4-24-16(2)20(17(3)25)21(22(24)19-13-9-6-10-14-19)23-15-18-11-7-5-8-12-18/h5-15H,4H2,1-3H3/b23-15+. The highest BCUT2D eigenvalue weighted by Crippen LogP contribution is 2.38. The highest BCUT2D eigenvalue weighted by Gasteiger charge is 2.22. The maximum atomic E-state index is 12.3. The van der Waals surface area contributed by atoms with E-state index in [0.717, 1.165) is 34.7 Å². The summed E-state index contributed by atoms with van der Waals surface area (Å²) in [5.74, 6) is 0.0436. The van der Waals surface area contributed by atoms with Crippen molar-refractivity contribution in [1.29, 1.82) is 0 Å². The minimum Gasteiger partial charge on any atom is -0.343 e. The molecule has 126 valence electrons. The normalized spacial score (nSPS) is 11.2. The monoisotopic (exact) mass is 330 g/mol. The van der Waals surface area contributed by atoms with Crippen molar-refractivity contribution in [3.8, 4) is 11.3 Å². The Balaban J connectivity index is 2.24. The first-order valence-corrected chi connectivity index (χ1v) is 8.52. The number of hydrogen-bond donors (Lipinski definition) is 0. The zero-order valence-corrected chi connectivity index (χ0v) is 14.9. The molecule has 0 N–H and O–H groups in total. The molecular formula is C22H22N2O. The van der Waals surface area contributed by atoms with Crippen LogP contribution in [0.2, 0.25) is 0 Å². The number of Topliss-reactive ketones (excluding diaryl/α,β-unsaturated/α-hetero) is 1. The number of benzene rings is 2. The summed E-state index contributed by atoms with van der Waals surface area (Å²) in [4.78, 5) is 17.1. The lowest BCUT2D eigenvalue weighted by Crippen LogP contribution is -2.01. The van der Waals surface area contributed by atoms with Gasteiger partial charge in [0.15, 0.2) is 5.78 Å². The van der Waals surface area contributed by atoms with E-state index in [-0.39, 0.29) is 5.78 Å². The SMILES string of the molecule is CCn1c(C)c(C(C)=O)c(/N=C/c2ccccc2)c1-c1ccccc1. The van der Waals surface area contributed by atoms with Gasteiger partial charge in [0, 0.05) is 24.0 Å². The van der Waals surface area contributed by atoms with Crippen LogP contribution < -0.4 is 0 Å². The van der Waals surface area contributed by atoms with Crippen molar-refractivity contribution in [2.24, 2.45) is 4.99 Å². The van der Waals surface area contributed by atoms with Crippen molar-refractivity contribution in [1.82, 2.24) is 4.57 Å². The first-order chi connectivity index (χ1) is 12.1. The second-order valence-electron chi connectivity index (χ2n) is 5.99. The Bertz CT molecular complexity index is 906. The molecule has 0 bridgehead atoms. The molecule has 0 radical (unpaired) electrons. The second kappa shape index (κ2) is 7.31. The summed E-state index contributed by atoms with van der Waals surface area (Å²) in [6, 6.07) is 20.1. The van der Waals surface area contributed by atoms with Gasteiger partial charge in [0.2, 0.25) is 0 Å². The van der Waals surface area contributed by atoms with E-state index in [1.54, 1.807) is 6.92 Å². The van der Waals surface area contributed by atoms with Crippen molar-refractivity contribution < 1.29 is 4.79 Å². The zero-order valence-electron chi connectivity index (χ0n) is 14.9.